The van der Waals surface area contributed by atoms with Gasteiger partial charge in [-0.15, -0.1) is 0 Å². The third-order valence-electron chi connectivity index (χ3n) is 11.3. The Morgan fingerprint density at radius 3 is 0.945 bits per heavy atom. The number of carbonyl (C=O) groups excluding carboxylic acids is 3. The van der Waals surface area contributed by atoms with Crippen molar-refractivity contribution < 1.29 is 28.6 Å². The van der Waals surface area contributed by atoms with Crippen LogP contribution < -0.4 is 0 Å². The van der Waals surface area contributed by atoms with Gasteiger partial charge in [-0.25, -0.2) is 0 Å². The number of ether oxygens (including phenoxy) is 3. The molecule has 0 fully saturated rings. The third kappa shape index (κ3) is 41.9. The maximum absolute atomic E-state index is 12.7. The fourth-order valence-electron chi connectivity index (χ4n) is 7.20. The molecule has 0 N–H and O–H groups in total. The molecule has 0 aromatic rings. The van der Waals surface area contributed by atoms with Crippen LogP contribution in [0, 0.1) is 17.8 Å². The van der Waals surface area contributed by atoms with Gasteiger partial charge < -0.3 is 14.2 Å². The summed E-state index contributed by atoms with van der Waals surface area (Å²) in [7, 11) is 0. The van der Waals surface area contributed by atoms with E-state index < -0.39 is 6.10 Å². The summed E-state index contributed by atoms with van der Waals surface area (Å²) in [6, 6.07) is 0. The molecule has 0 bridgehead atoms. The maximum atomic E-state index is 12.7. The van der Waals surface area contributed by atoms with Gasteiger partial charge in [0.15, 0.2) is 6.10 Å². The van der Waals surface area contributed by atoms with Crippen LogP contribution in [0.2, 0.25) is 0 Å². The maximum Gasteiger partial charge on any atom is 0.306 e. The van der Waals surface area contributed by atoms with E-state index in [9.17, 15) is 14.4 Å². The van der Waals surface area contributed by atoms with E-state index in [4.69, 9.17) is 14.2 Å². The van der Waals surface area contributed by atoms with E-state index in [1.165, 1.54) is 141 Å². The molecule has 0 saturated carbocycles. The number of hydrogen-bond donors (Lipinski definition) is 0. The molecule has 0 aromatic carbocycles. The molecule has 0 aliphatic heterocycles. The first-order chi connectivity index (χ1) is 26.6. The molecular formula is C49H94O6. The molecule has 0 saturated heterocycles. The molecule has 6 heteroatoms. The van der Waals surface area contributed by atoms with Crippen molar-refractivity contribution in [2.75, 3.05) is 13.2 Å². The predicted octanol–water partition coefficient (Wildman–Crippen LogP) is 15.2. The fourth-order valence-corrected chi connectivity index (χ4v) is 7.20. The van der Waals surface area contributed by atoms with Crippen molar-refractivity contribution in [1.29, 1.82) is 0 Å². The van der Waals surface area contributed by atoms with Crippen LogP contribution in [0.5, 0.6) is 0 Å². The number of rotatable bonds is 42. The minimum absolute atomic E-state index is 0.0660. The third-order valence-corrected chi connectivity index (χ3v) is 11.3. The van der Waals surface area contributed by atoms with Gasteiger partial charge in [-0.05, 0) is 37.0 Å². The average Bonchev–Trinajstić information content (AvgIpc) is 3.15. The summed E-state index contributed by atoms with van der Waals surface area (Å²) in [6.45, 7) is 13.7. The lowest BCUT2D eigenvalue weighted by atomic mass is 10.00. The molecule has 2 atom stereocenters. The first-order valence-electron chi connectivity index (χ1n) is 24.1. The standard InChI is InChI=1S/C49H94O6/c1-7-45(6)37-31-25-21-22-27-33-39-48(51)54-42-46(55-49(52)40-34-28-20-16-12-11-14-18-24-30-36-44(4)5)41-53-47(50)38-32-26-19-15-10-8-9-13-17-23-29-35-43(2)3/h43-46H,7-42H2,1-6H3/t45?,46-/m1/s1. The zero-order valence-corrected chi connectivity index (χ0v) is 37.7. The van der Waals surface area contributed by atoms with Crippen LogP contribution in [0.15, 0.2) is 0 Å². The van der Waals surface area contributed by atoms with Crippen molar-refractivity contribution in [2.45, 2.75) is 266 Å². The predicted molar refractivity (Wildman–Crippen MR) is 233 cm³/mol. The minimum Gasteiger partial charge on any atom is -0.462 e. The summed E-state index contributed by atoms with van der Waals surface area (Å²) in [5.74, 6) is 1.60. The highest BCUT2D eigenvalue weighted by atomic mass is 16.6. The Balaban J connectivity index is 4.33. The molecule has 1 unspecified atom stereocenters. The van der Waals surface area contributed by atoms with Crippen LogP contribution in [0.4, 0.5) is 0 Å². The SMILES string of the molecule is CCC(C)CCCCCCCCC(=O)OC[C@@H](COC(=O)CCCCCCCCCCCCCC(C)C)OC(=O)CCCCCCCCCCCCC(C)C. The summed E-state index contributed by atoms with van der Waals surface area (Å²) in [5.41, 5.74) is 0. The summed E-state index contributed by atoms with van der Waals surface area (Å²) < 4.78 is 16.7. The van der Waals surface area contributed by atoms with Gasteiger partial charge in [-0.1, -0.05) is 221 Å². The monoisotopic (exact) mass is 779 g/mol. The van der Waals surface area contributed by atoms with Crippen LogP contribution in [0.1, 0.15) is 260 Å². The molecule has 0 aliphatic carbocycles. The Kier molecular flexibility index (Phi) is 39.4. The smallest absolute Gasteiger partial charge is 0.306 e. The van der Waals surface area contributed by atoms with E-state index in [-0.39, 0.29) is 31.1 Å². The second-order valence-electron chi connectivity index (χ2n) is 17.9. The lowest BCUT2D eigenvalue weighted by Gasteiger charge is -2.18. The molecule has 0 aliphatic rings. The van der Waals surface area contributed by atoms with Crippen molar-refractivity contribution >= 4 is 17.9 Å². The summed E-state index contributed by atoms with van der Waals surface area (Å²) in [5, 5.41) is 0. The first-order valence-corrected chi connectivity index (χ1v) is 24.1. The van der Waals surface area contributed by atoms with E-state index in [1.54, 1.807) is 0 Å². The van der Waals surface area contributed by atoms with E-state index in [1.807, 2.05) is 0 Å². The van der Waals surface area contributed by atoms with Gasteiger partial charge in [0.2, 0.25) is 0 Å². The molecule has 0 spiro atoms. The highest BCUT2D eigenvalue weighted by molar-refractivity contribution is 5.71. The number of hydrogen-bond acceptors (Lipinski definition) is 6. The Morgan fingerprint density at radius 2 is 0.636 bits per heavy atom. The van der Waals surface area contributed by atoms with Crippen LogP contribution in [0.3, 0.4) is 0 Å². The Morgan fingerprint density at radius 1 is 0.364 bits per heavy atom. The summed E-state index contributed by atoms with van der Waals surface area (Å²) >= 11 is 0. The molecule has 6 nitrogen and oxygen atoms in total. The molecular weight excluding hydrogens is 685 g/mol. The lowest BCUT2D eigenvalue weighted by Crippen LogP contribution is -2.30. The van der Waals surface area contributed by atoms with E-state index in [0.29, 0.717) is 19.3 Å². The number of esters is 3. The van der Waals surface area contributed by atoms with Gasteiger partial charge in [-0.2, -0.15) is 0 Å². The van der Waals surface area contributed by atoms with Crippen LogP contribution in [-0.2, 0) is 28.6 Å². The van der Waals surface area contributed by atoms with Gasteiger partial charge in [0.05, 0.1) is 0 Å². The normalized spacial score (nSPS) is 12.7. The van der Waals surface area contributed by atoms with Crippen molar-refractivity contribution in [3.05, 3.63) is 0 Å². The van der Waals surface area contributed by atoms with Crippen LogP contribution in [0.25, 0.3) is 0 Å². The van der Waals surface area contributed by atoms with Gasteiger partial charge in [-0.3, -0.25) is 14.4 Å². The van der Waals surface area contributed by atoms with Crippen molar-refractivity contribution in [3.8, 4) is 0 Å². The molecule has 55 heavy (non-hydrogen) atoms. The minimum atomic E-state index is -0.762. The number of carbonyl (C=O) groups is 3. The fraction of sp³-hybridized carbons (Fsp3) is 0.939. The topological polar surface area (TPSA) is 78.9 Å². The summed E-state index contributed by atoms with van der Waals surface area (Å²) in [4.78, 5) is 37.8. The van der Waals surface area contributed by atoms with E-state index in [2.05, 4.69) is 41.5 Å². The lowest BCUT2D eigenvalue weighted by molar-refractivity contribution is -0.167. The molecule has 326 valence electrons. The quantitative estimate of drug-likeness (QED) is 0.0349. The molecule has 0 heterocycles. The van der Waals surface area contributed by atoms with Crippen molar-refractivity contribution in [2.24, 2.45) is 17.8 Å². The highest BCUT2D eigenvalue weighted by Crippen LogP contribution is 2.17. The van der Waals surface area contributed by atoms with Crippen molar-refractivity contribution in [3.63, 3.8) is 0 Å². The second-order valence-corrected chi connectivity index (χ2v) is 17.9. The average molecular weight is 779 g/mol. The van der Waals surface area contributed by atoms with E-state index >= 15 is 0 Å². The first kappa shape index (κ1) is 53.4. The zero-order valence-electron chi connectivity index (χ0n) is 37.7. The zero-order chi connectivity index (χ0) is 40.6. The van der Waals surface area contributed by atoms with Gasteiger partial charge >= 0.3 is 17.9 Å². The van der Waals surface area contributed by atoms with Crippen molar-refractivity contribution in [1.82, 2.24) is 0 Å². The second kappa shape index (κ2) is 40.6. The van der Waals surface area contributed by atoms with Gasteiger partial charge in [0.1, 0.15) is 13.2 Å². The Hall–Kier alpha value is -1.59. The Labute approximate surface area is 342 Å². The molecule has 0 radical (unpaired) electrons. The molecule has 0 amide bonds. The largest absolute Gasteiger partial charge is 0.462 e. The van der Waals surface area contributed by atoms with Crippen LogP contribution in [-0.4, -0.2) is 37.2 Å². The van der Waals surface area contributed by atoms with Crippen LogP contribution >= 0.6 is 0 Å². The highest BCUT2D eigenvalue weighted by Gasteiger charge is 2.19. The molecule has 0 aromatic heterocycles. The van der Waals surface area contributed by atoms with Gasteiger partial charge in [0, 0.05) is 19.3 Å². The van der Waals surface area contributed by atoms with Gasteiger partial charge in [0.25, 0.3) is 0 Å². The Bertz CT molecular complexity index is 854. The van der Waals surface area contributed by atoms with E-state index in [0.717, 1.165) is 75.5 Å². The number of unbranched alkanes of at least 4 members (excludes halogenated alkanes) is 24. The summed E-state index contributed by atoms with van der Waals surface area (Å²) in [6.07, 6.45) is 38.0. The molecule has 0 rings (SSSR count).